The van der Waals surface area contributed by atoms with Gasteiger partial charge in [-0.3, -0.25) is 5.41 Å². The van der Waals surface area contributed by atoms with Gasteiger partial charge in [-0.15, -0.1) is 0 Å². The van der Waals surface area contributed by atoms with E-state index in [1.807, 2.05) is 0 Å². The molecule has 0 aliphatic rings. The first-order valence-corrected chi connectivity index (χ1v) is 3.89. The van der Waals surface area contributed by atoms with Crippen LogP contribution in [0.3, 0.4) is 0 Å². The van der Waals surface area contributed by atoms with Gasteiger partial charge in [0.2, 0.25) is 0 Å². The van der Waals surface area contributed by atoms with Crippen molar-refractivity contribution in [2.75, 3.05) is 7.05 Å². The maximum Gasteiger partial charge on any atom is 0.139 e. The van der Waals surface area contributed by atoms with Gasteiger partial charge in [-0.2, -0.15) is 0 Å². The Morgan fingerprint density at radius 3 is 2.42 bits per heavy atom. The zero-order chi connectivity index (χ0) is 8.97. The van der Waals surface area contributed by atoms with Crippen molar-refractivity contribution >= 4 is 17.4 Å². The van der Waals surface area contributed by atoms with Gasteiger partial charge in [-0.1, -0.05) is 11.6 Å². The largest absolute Gasteiger partial charge is 0.306 e. The molecule has 3 nitrogen and oxygen atoms in total. The van der Waals surface area contributed by atoms with E-state index in [4.69, 9.17) is 17.0 Å². The van der Waals surface area contributed by atoms with Gasteiger partial charge in [0, 0.05) is 17.6 Å². The lowest BCUT2D eigenvalue weighted by Crippen LogP contribution is -2.34. The SMILES string of the molecule is CNNC(=N)c1ccc(Cl)cc1. The summed E-state index contributed by atoms with van der Waals surface area (Å²) in [6.07, 6.45) is 0. The van der Waals surface area contributed by atoms with E-state index in [0.717, 1.165) is 5.56 Å². The quantitative estimate of drug-likeness (QED) is 0.369. The molecule has 0 bridgehead atoms. The fraction of sp³-hybridized carbons (Fsp3) is 0.125. The third kappa shape index (κ3) is 2.22. The molecule has 0 fully saturated rings. The van der Waals surface area contributed by atoms with E-state index < -0.39 is 0 Å². The van der Waals surface area contributed by atoms with E-state index in [1.54, 1.807) is 31.3 Å². The van der Waals surface area contributed by atoms with Gasteiger partial charge in [-0.05, 0) is 24.3 Å². The summed E-state index contributed by atoms with van der Waals surface area (Å²) in [6.45, 7) is 0. The van der Waals surface area contributed by atoms with Gasteiger partial charge in [0.05, 0.1) is 0 Å². The molecule has 12 heavy (non-hydrogen) atoms. The number of rotatable bonds is 2. The van der Waals surface area contributed by atoms with Gasteiger partial charge in [-0.25, -0.2) is 5.43 Å². The molecule has 0 amide bonds. The summed E-state index contributed by atoms with van der Waals surface area (Å²) in [5.74, 6) is 0.328. The van der Waals surface area contributed by atoms with Crippen LogP contribution >= 0.6 is 11.6 Å². The lowest BCUT2D eigenvalue weighted by atomic mass is 10.2. The van der Waals surface area contributed by atoms with Crippen molar-refractivity contribution < 1.29 is 0 Å². The molecule has 0 aromatic heterocycles. The van der Waals surface area contributed by atoms with Crippen LogP contribution in [0.25, 0.3) is 0 Å². The number of amidine groups is 1. The van der Waals surface area contributed by atoms with Crippen molar-refractivity contribution in [1.29, 1.82) is 5.41 Å². The van der Waals surface area contributed by atoms with Gasteiger partial charge >= 0.3 is 0 Å². The van der Waals surface area contributed by atoms with Crippen molar-refractivity contribution in [1.82, 2.24) is 10.9 Å². The summed E-state index contributed by atoms with van der Waals surface area (Å²) in [5, 5.41) is 8.16. The standard InChI is InChI=1S/C8H10ClN3/c1-11-12-8(10)6-2-4-7(9)5-3-6/h2-5,11H,1H3,(H2,10,12). The highest BCUT2D eigenvalue weighted by Crippen LogP contribution is 2.08. The molecular formula is C8H10ClN3. The van der Waals surface area contributed by atoms with E-state index in [2.05, 4.69) is 10.9 Å². The average molecular weight is 184 g/mol. The second kappa shape index (κ2) is 4.09. The van der Waals surface area contributed by atoms with Crippen molar-refractivity contribution in [2.45, 2.75) is 0 Å². The van der Waals surface area contributed by atoms with Gasteiger partial charge < -0.3 is 5.43 Å². The van der Waals surface area contributed by atoms with Crippen LogP contribution in [0.5, 0.6) is 0 Å². The maximum atomic E-state index is 7.48. The highest BCUT2D eigenvalue weighted by molar-refractivity contribution is 6.30. The lowest BCUT2D eigenvalue weighted by molar-refractivity contribution is 0.765. The molecule has 64 valence electrons. The van der Waals surface area contributed by atoms with Gasteiger partial charge in [0.15, 0.2) is 0 Å². The van der Waals surface area contributed by atoms with E-state index in [0.29, 0.717) is 10.9 Å². The molecule has 0 radical (unpaired) electrons. The third-order valence-electron chi connectivity index (χ3n) is 1.38. The zero-order valence-electron chi connectivity index (χ0n) is 6.69. The second-order valence-electron chi connectivity index (χ2n) is 2.26. The number of hydrogen-bond acceptors (Lipinski definition) is 2. The fourth-order valence-electron chi connectivity index (χ4n) is 0.814. The molecule has 0 aliphatic carbocycles. The number of hydrazine groups is 1. The number of benzene rings is 1. The molecular weight excluding hydrogens is 174 g/mol. The molecule has 0 atom stereocenters. The molecule has 1 aromatic rings. The van der Waals surface area contributed by atoms with E-state index in [1.165, 1.54) is 0 Å². The molecule has 3 N–H and O–H groups in total. The smallest absolute Gasteiger partial charge is 0.139 e. The van der Waals surface area contributed by atoms with Crippen LogP contribution < -0.4 is 10.9 Å². The molecule has 0 aliphatic heterocycles. The average Bonchev–Trinajstić information content (AvgIpc) is 2.06. The molecule has 0 saturated carbocycles. The predicted octanol–water partition coefficient (Wildman–Crippen LogP) is 1.39. The first-order chi connectivity index (χ1) is 5.74. The molecule has 1 aromatic carbocycles. The van der Waals surface area contributed by atoms with E-state index in [9.17, 15) is 0 Å². The normalized spacial score (nSPS) is 9.50. The predicted molar refractivity (Wildman–Crippen MR) is 50.5 cm³/mol. The van der Waals surface area contributed by atoms with Crippen LogP contribution in [-0.4, -0.2) is 12.9 Å². The summed E-state index contributed by atoms with van der Waals surface area (Å²) in [5.41, 5.74) is 6.14. The van der Waals surface area contributed by atoms with Crippen molar-refractivity contribution in [3.05, 3.63) is 34.9 Å². The minimum atomic E-state index is 0.328. The van der Waals surface area contributed by atoms with Crippen LogP contribution in [0.2, 0.25) is 5.02 Å². The molecule has 4 heteroatoms. The van der Waals surface area contributed by atoms with Crippen molar-refractivity contribution in [3.63, 3.8) is 0 Å². The highest BCUT2D eigenvalue weighted by Gasteiger charge is 1.97. The minimum Gasteiger partial charge on any atom is -0.306 e. The minimum absolute atomic E-state index is 0.328. The molecule has 0 spiro atoms. The highest BCUT2D eigenvalue weighted by atomic mass is 35.5. The van der Waals surface area contributed by atoms with Crippen LogP contribution in [0.4, 0.5) is 0 Å². The van der Waals surface area contributed by atoms with Gasteiger partial charge in [0.1, 0.15) is 5.84 Å². The monoisotopic (exact) mass is 183 g/mol. The second-order valence-corrected chi connectivity index (χ2v) is 2.69. The summed E-state index contributed by atoms with van der Waals surface area (Å²) < 4.78 is 0. The van der Waals surface area contributed by atoms with E-state index >= 15 is 0 Å². The Hall–Kier alpha value is -1.06. The van der Waals surface area contributed by atoms with Crippen molar-refractivity contribution in [3.8, 4) is 0 Å². The Balaban J connectivity index is 2.75. The first kappa shape index (κ1) is 9.03. The van der Waals surface area contributed by atoms with Crippen LogP contribution in [0.1, 0.15) is 5.56 Å². The van der Waals surface area contributed by atoms with Crippen molar-refractivity contribution in [2.24, 2.45) is 0 Å². The third-order valence-corrected chi connectivity index (χ3v) is 1.63. The molecule has 0 saturated heterocycles. The Bertz CT molecular complexity index is 268. The van der Waals surface area contributed by atoms with Crippen LogP contribution in [0.15, 0.2) is 24.3 Å². The Labute approximate surface area is 76.2 Å². The topological polar surface area (TPSA) is 47.9 Å². The summed E-state index contributed by atoms with van der Waals surface area (Å²) in [6, 6.07) is 7.08. The van der Waals surface area contributed by atoms with E-state index in [-0.39, 0.29) is 0 Å². The summed E-state index contributed by atoms with van der Waals surface area (Å²) >= 11 is 5.69. The molecule has 0 heterocycles. The van der Waals surface area contributed by atoms with Crippen LogP contribution in [0, 0.1) is 5.41 Å². The summed E-state index contributed by atoms with van der Waals surface area (Å²) in [4.78, 5) is 0. The van der Waals surface area contributed by atoms with Crippen LogP contribution in [-0.2, 0) is 0 Å². The number of nitrogens with one attached hydrogen (secondary N) is 3. The summed E-state index contributed by atoms with van der Waals surface area (Å²) in [7, 11) is 1.71. The lowest BCUT2D eigenvalue weighted by Gasteiger charge is -2.05. The first-order valence-electron chi connectivity index (χ1n) is 3.51. The fourth-order valence-corrected chi connectivity index (χ4v) is 0.940. The zero-order valence-corrected chi connectivity index (χ0v) is 7.44. The molecule has 0 unspecified atom stereocenters. The van der Waals surface area contributed by atoms with Gasteiger partial charge in [0.25, 0.3) is 0 Å². The molecule has 1 rings (SSSR count). The maximum absolute atomic E-state index is 7.48. The number of halogens is 1. The number of hydrogen-bond donors (Lipinski definition) is 3. The Morgan fingerprint density at radius 2 is 1.92 bits per heavy atom. The Morgan fingerprint density at radius 1 is 1.33 bits per heavy atom. The Kier molecular flexibility index (Phi) is 3.08.